The Labute approximate surface area is 122 Å². The molecule has 1 amide bonds. The number of rotatable bonds is 3. The number of aromatic nitrogens is 1. The number of hydrogen-bond acceptors (Lipinski definition) is 2. The first-order valence-electron chi connectivity index (χ1n) is 6.91. The van der Waals surface area contributed by atoms with Gasteiger partial charge in [0, 0.05) is 18.8 Å². The second kappa shape index (κ2) is 5.44. The van der Waals surface area contributed by atoms with Crippen LogP contribution in [0.15, 0.2) is 42.5 Å². The number of aliphatic carboxylic acids is 1. The maximum Gasteiger partial charge on any atom is 0.308 e. The molecule has 1 aliphatic rings. The van der Waals surface area contributed by atoms with Crippen LogP contribution in [0.25, 0.3) is 11.3 Å². The lowest BCUT2D eigenvalue weighted by molar-refractivity contribution is -0.141. The minimum atomic E-state index is -0.832. The van der Waals surface area contributed by atoms with Crippen molar-refractivity contribution in [2.24, 2.45) is 5.92 Å². The van der Waals surface area contributed by atoms with Gasteiger partial charge in [0.2, 0.25) is 0 Å². The normalized spacial score (nSPS) is 17.9. The van der Waals surface area contributed by atoms with Crippen molar-refractivity contribution in [3.05, 3.63) is 48.2 Å². The van der Waals surface area contributed by atoms with E-state index in [0.29, 0.717) is 18.7 Å². The molecule has 3 rings (SSSR count). The lowest BCUT2D eigenvalue weighted by atomic mass is 10.1. The van der Waals surface area contributed by atoms with E-state index in [2.05, 4.69) is 4.98 Å². The fourth-order valence-corrected chi connectivity index (χ4v) is 2.62. The van der Waals surface area contributed by atoms with Crippen LogP contribution in [0.4, 0.5) is 0 Å². The SMILES string of the molecule is O=C(O)[C@H]1CCN(C(=O)c2ccc(-c3ccccc3)[nH]2)C1. The van der Waals surface area contributed by atoms with Crippen LogP contribution >= 0.6 is 0 Å². The van der Waals surface area contributed by atoms with E-state index in [4.69, 9.17) is 5.11 Å². The first-order chi connectivity index (χ1) is 10.1. The summed E-state index contributed by atoms with van der Waals surface area (Å²) >= 11 is 0. The molecule has 1 aromatic carbocycles. The van der Waals surface area contributed by atoms with Crippen molar-refractivity contribution in [1.82, 2.24) is 9.88 Å². The van der Waals surface area contributed by atoms with Crippen molar-refractivity contribution in [2.75, 3.05) is 13.1 Å². The van der Waals surface area contributed by atoms with E-state index >= 15 is 0 Å². The average molecular weight is 284 g/mol. The third-order valence-electron chi connectivity index (χ3n) is 3.83. The Kier molecular flexibility index (Phi) is 3.48. The molecule has 2 N–H and O–H groups in total. The van der Waals surface area contributed by atoms with Crippen molar-refractivity contribution in [3.8, 4) is 11.3 Å². The summed E-state index contributed by atoms with van der Waals surface area (Å²) in [6, 6.07) is 13.4. The van der Waals surface area contributed by atoms with E-state index in [1.165, 1.54) is 0 Å². The highest BCUT2D eigenvalue weighted by Gasteiger charge is 2.31. The zero-order chi connectivity index (χ0) is 14.8. The van der Waals surface area contributed by atoms with Crippen LogP contribution in [-0.4, -0.2) is 40.0 Å². The number of carboxylic acid groups (broad SMARTS) is 1. The second-order valence-corrected chi connectivity index (χ2v) is 5.23. The zero-order valence-electron chi connectivity index (χ0n) is 11.5. The van der Waals surface area contributed by atoms with Gasteiger partial charge in [-0.05, 0) is 24.1 Å². The Morgan fingerprint density at radius 1 is 1.14 bits per heavy atom. The molecule has 0 bridgehead atoms. The van der Waals surface area contributed by atoms with Crippen molar-refractivity contribution in [2.45, 2.75) is 6.42 Å². The molecule has 108 valence electrons. The van der Waals surface area contributed by atoms with E-state index in [0.717, 1.165) is 11.3 Å². The number of nitrogens with zero attached hydrogens (tertiary/aromatic N) is 1. The van der Waals surface area contributed by atoms with E-state index in [1.807, 2.05) is 36.4 Å². The number of likely N-dealkylation sites (tertiary alicyclic amines) is 1. The summed E-state index contributed by atoms with van der Waals surface area (Å²) < 4.78 is 0. The first kappa shape index (κ1) is 13.4. The van der Waals surface area contributed by atoms with Gasteiger partial charge in [-0.1, -0.05) is 30.3 Å². The maximum absolute atomic E-state index is 12.4. The van der Waals surface area contributed by atoms with Crippen LogP contribution in [-0.2, 0) is 4.79 Å². The number of H-pyrrole nitrogens is 1. The number of hydrogen-bond donors (Lipinski definition) is 2. The van der Waals surface area contributed by atoms with Gasteiger partial charge < -0.3 is 15.0 Å². The van der Waals surface area contributed by atoms with Gasteiger partial charge in [-0.25, -0.2) is 0 Å². The summed E-state index contributed by atoms with van der Waals surface area (Å²) in [4.78, 5) is 28.0. The lowest BCUT2D eigenvalue weighted by Gasteiger charge is -2.14. The number of amides is 1. The molecule has 0 spiro atoms. The molecule has 5 heteroatoms. The van der Waals surface area contributed by atoms with Gasteiger partial charge in [0.15, 0.2) is 0 Å². The molecular formula is C16H16N2O3. The predicted octanol–water partition coefficient (Wildman–Crippen LogP) is 2.23. The molecule has 5 nitrogen and oxygen atoms in total. The molecule has 0 radical (unpaired) electrons. The van der Waals surface area contributed by atoms with Crippen LogP contribution in [0, 0.1) is 5.92 Å². The molecular weight excluding hydrogens is 268 g/mol. The monoisotopic (exact) mass is 284 g/mol. The van der Waals surface area contributed by atoms with Crippen molar-refractivity contribution in [3.63, 3.8) is 0 Å². The number of benzene rings is 1. The van der Waals surface area contributed by atoms with Crippen LogP contribution < -0.4 is 0 Å². The summed E-state index contributed by atoms with van der Waals surface area (Å²) in [5.41, 5.74) is 2.40. The molecule has 2 aromatic rings. The van der Waals surface area contributed by atoms with Crippen LogP contribution in [0.3, 0.4) is 0 Å². The average Bonchev–Trinajstić information content (AvgIpc) is 3.17. The molecule has 1 aliphatic heterocycles. The minimum Gasteiger partial charge on any atom is -0.481 e. The highest BCUT2D eigenvalue weighted by atomic mass is 16.4. The van der Waals surface area contributed by atoms with Gasteiger partial charge in [0.25, 0.3) is 5.91 Å². The fourth-order valence-electron chi connectivity index (χ4n) is 2.62. The fraction of sp³-hybridized carbons (Fsp3) is 0.250. The van der Waals surface area contributed by atoms with Gasteiger partial charge >= 0.3 is 5.97 Å². The van der Waals surface area contributed by atoms with E-state index in [1.54, 1.807) is 11.0 Å². The molecule has 0 aliphatic carbocycles. The van der Waals surface area contributed by atoms with Gasteiger partial charge in [-0.3, -0.25) is 9.59 Å². The zero-order valence-corrected chi connectivity index (χ0v) is 11.5. The quantitative estimate of drug-likeness (QED) is 0.907. The highest BCUT2D eigenvalue weighted by molar-refractivity contribution is 5.94. The van der Waals surface area contributed by atoms with Crippen LogP contribution in [0.5, 0.6) is 0 Å². The highest BCUT2D eigenvalue weighted by Crippen LogP contribution is 2.21. The predicted molar refractivity (Wildman–Crippen MR) is 77.9 cm³/mol. The number of carbonyl (C=O) groups is 2. The number of carboxylic acids is 1. The third-order valence-corrected chi connectivity index (χ3v) is 3.83. The Bertz CT molecular complexity index is 663. The summed E-state index contributed by atoms with van der Waals surface area (Å²) in [5, 5.41) is 8.99. The minimum absolute atomic E-state index is 0.138. The van der Waals surface area contributed by atoms with Gasteiger partial charge in [-0.15, -0.1) is 0 Å². The largest absolute Gasteiger partial charge is 0.481 e. The van der Waals surface area contributed by atoms with Crippen molar-refractivity contribution >= 4 is 11.9 Å². The molecule has 1 aromatic heterocycles. The first-order valence-corrected chi connectivity index (χ1v) is 6.91. The van der Waals surface area contributed by atoms with E-state index in [-0.39, 0.29) is 12.5 Å². The topological polar surface area (TPSA) is 73.4 Å². The summed E-state index contributed by atoms with van der Waals surface area (Å²) in [5.74, 6) is -1.42. The van der Waals surface area contributed by atoms with Gasteiger partial charge in [-0.2, -0.15) is 0 Å². The third kappa shape index (κ3) is 2.67. The molecule has 0 saturated carbocycles. The summed E-state index contributed by atoms with van der Waals surface area (Å²) in [6.45, 7) is 0.781. The Morgan fingerprint density at radius 3 is 2.57 bits per heavy atom. The lowest BCUT2D eigenvalue weighted by Crippen LogP contribution is -2.30. The molecule has 1 atom stereocenters. The van der Waals surface area contributed by atoms with Gasteiger partial charge in [0.1, 0.15) is 5.69 Å². The summed E-state index contributed by atoms with van der Waals surface area (Å²) in [6.07, 6.45) is 0.521. The van der Waals surface area contributed by atoms with Gasteiger partial charge in [0.05, 0.1) is 5.92 Å². The smallest absolute Gasteiger partial charge is 0.308 e. The molecule has 0 unspecified atom stereocenters. The molecule has 1 fully saturated rings. The summed E-state index contributed by atoms with van der Waals surface area (Å²) in [7, 11) is 0. The van der Waals surface area contributed by atoms with Crippen LogP contribution in [0.2, 0.25) is 0 Å². The number of nitrogens with one attached hydrogen (secondary N) is 1. The standard InChI is InChI=1S/C16H16N2O3/c19-15(18-9-8-12(10-18)16(20)21)14-7-6-13(17-14)11-4-2-1-3-5-11/h1-7,12,17H,8-10H2,(H,20,21)/t12-/m0/s1. The van der Waals surface area contributed by atoms with E-state index < -0.39 is 11.9 Å². The Hall–Kier alpha value is -2.56. The van der Waals surface area contributed by atoms with Crippen molar-refractivity contribution in [1.29, 1.82) is 0 Å². The second-order valence-electron chi connectivity index (χ2n) is 5.23. The number of carbonyl (C=O) groups excluding carboxylic acids is 1. The molecule has 2 heterocycles. The number of aromatic amines is 1. The Balaban J connectivity index is 1.75. The molecule has 1 saturated heterocycles. The maximum atomic E-state index is 12.4. The Morgan fingerprint density at radius 2 is 1.90 bits per heavy atom. The van der Waals surface area contributed by atoms with Crippen molar-refractivity contribution < 1.29 is 14.7 Å². The van der Waals surface area contributed by atoms with E-state index in [9.17, 15) is 9.59 Å². The van der Waals surface area contributed by atoms with Crippen LogP contribution in [0.1, 0.15) is 16.9 Å². The molecule has 21 heavy (non-hydrogen) atoms.